The number of sulfonamides is 1. The minimum atomic E-state index is -4.13. The Hall–Kier alpha value is -1.18. The molecule has 1 rings (SSSR count). The van der Waals surface area contributed by atoms with E-state index in [0.717, 1.165) is 12.1 Å². The van der Waals surface area contributed by atoms with E-state index < -0.39 is 32.2 Å². The Labute approximate surface area is 128 Å². The van der Waals surface area contributed by atoms with Gasteiger partial charge in [0.15, 0.2) is 0 Å². The van der Waals surface area contributed by atoms with Gasteiger partial charge in [0.2, 0.25) is 10.0 Å². The van der Waals surface area contributed by atoms with E-state index in [1.165, 1.54) is 0 Å². The third-order valence-electron chi connectivity index (χ3n) is 3.30. The molecule has 1 aromatic rings. The SMILES string of the molecule is CC(C)C(C)CNC(=O)c1cc(S(N)(=O)=O)c(Cl)cc1F. The number of hydrogen-bond donors (Lipinski definition) is 2. The Morgan fingerprint density at radius 2 is 1.95 bits per heavy atom. The van der Waals surface area contributed by atoms with E-state index in [4.69, 9.17) is 16.7 Å². The Bertz CT molecular complexity index is 647. The topological polar surface area (TPSA) is 89.3 Å². The Balaban J connectivity index is 3.05. The van der Waals surface area contributed by atoms with Crippen LogP contribution in [-0.4, -0.2) is 20.9 Å². The molecule has 1 atom stereocenters. The molecule has 0 aliphatic carbocycles. The molecule has 3 N–H and O–H groups in total. The number of halogens is 2. The smallest absolute Gasteiger partial charge is 0.254 e. The molecule has 0 heterocycles. The average molecular weight is 337 g/mol. The first-order valence-corrected chi connectivity index (χ1v) is 8.26. The summed E-state index contributed by atoms with van der Waals surface area (Å²) in [6, 6.07) is 1.62. The normalized spacial score (nSPS) is 13.3. The molecule has 0 saturated heterocycles. The molecule has 0 spiro atoms. The molecular weight excluding hydrogens is 319 g/mol. The van der Waals surface area contributed by atoms with Crippen molar-refractivity contribution in [2.75, 3.05) is 6.54 Å². The maximum absolute atomic E-state index is 13.8. The zero-order valence-electron chi connectivity index (χ0n) is 12.0. The molecule has 8 heteroatoms. The van der Waals surface area contributed by atoms with Gasteiger partial charge in [0.25, 0.3) is 5.91 Å². The van der Waals surface area contributed by atoms with Crippen LogP contribution in [0.2, 0.25) is 5.02 Å². The lowest BCUT2D eigenvalue weighted by molar-refractivity contribution is 0.0940. The molecule has 0 saturated carbocycles. The molecule has 1 unspecified atom stereocenters. The summed E-state index contributed by atoms with van der Waals surface area (Å²) in [4.78, 5) is 11.5. The Morgan fingerprint density at radius 1 is 1.38 bits per heavy atom. The number of carbonyl (C=O) groups is 1. The van der Waals surface area contributed by atoms with Gasteiger partial charge < -0.3 is 5.32 Å². The molecule has 1 amide bonds. The van der Waals surface area contributed by atoms with Gasteiger partial charge in [-0.05, 0) is 24.0 Å². The molecule has 0 aliphatic heterocycles. The van der Waals surface area contributed by atoms with Crippen LogP contribution in [0.1, 0.15) is 31.1 Å². The summed E-state index contributed by atoms with van der Waals surface area (Å²) >= 11 is 5.63. The van der Waals surface area contributed by atoms with Crippen LogP contribution in [0.15, 0.2) is 17.0 Å². The number of rotatable bonds is 5. The van der Waals surface area contributed by atoms with E-state index >= 15 is 0 Å². The molecule has 0 aliphatic rings. The number of hydrogen-bond acceptors (Lipinski definition) is 3. The summed E-state index contributed by atoms with van der Waals surface area (Å²) in [6.45, 7) is 6.29. The molecule has 21 heavy (non-hydrogen) atoms. The van der Waals surface area contributed by atoms with Crippen LogP contribution < -0.4 is 10.5 Å². The fourth-order valence-electron chi connectivity index (χ4n) is 1.51. The van der Waals surface area contributed by atoms with Crippen LogP contribution in [-0.2, 0) is 10.0 Å². The van der Waals surface area contributed by atoms with Crippen molar-refractivity contribution < 1.29 is 17.6 Å². The molecular formula is C13H18ClFN2O3S. The van der Waals surface area contributed by atoms with E-state index in [9.17, 15) is 17.6 Å². The van der Waals surface area contributed by atoms with E-state index in [1.54, 1.807) is 0 Å². The van der Waals surface area contributed by atoms with Crippen LogP contribution in [0, 0.1) is 17.7 Å². The van der Waals surface area contributed by atoms with E-state index in [0.29, 0.717) is 12.5 Å². The van der Waals surface area contributed by atoms with Crippen molar-refractivity contribution >= 4 is 27.5 Å². The number of nitrogens with two attached hydrogens (primary N) is 1. The average Bonchev–Trinajstić information content (AvgIpc) is 2.33. The van der Waals surface area contributed by atoms with Gasteiger partial charge in [0.05, 0.1) is 10.6 Å². The Kier molecular flexibility index (Phi) is 5.72. The van der Waals surface area contributed by atoms with Gasteiger partial charge in [-0.25, -0.2) is 17.9 Å². The molecule has 0 fully saturated rings. The van der Waals surface area contributed by atoms with Gasteiger partial charge in [-0.1, -0.05) is 32.4 Å². The highest BCUT2D eigenvalue weighted by atomic mass is 35.5. The molecule has 1 aromatic carbocycles. The largest absolute Gasteiger partial charge is 0.352 e. The zero-order valence-corrected chi connectivity index (χ0v) is 13.6. The van der Waals surface area contributed by atoms with Gasteiger partial charge in [-0.15, -0.1) is 0 Å². The zero-order chi connectivity index (χ0) is 16.4. The minimum absolute atomic E-state index is 0.196. The second kappa shape index (κ2) is 6.72. The van der Waals surface area contributed by atoms with Crippen LogP contribution in [0.5, 0.6) is 0 Å². The minimum Gasteiger partial charge on any atom is -0.352 e. The standard InChI is InChI=1S/C13H18ClFN2O3S/c1-7(2)8(3)6-17-13(18)9-4-12(21(16,19)20)10(14)5-11(9)15/h4-5,7-8H,6H2,1-3H3,(H,17,18)(H2,16,19,20). The number of benzene rings is 1. The fourth-order valence-corrected chi connectivity index (χ4v) is 2.59. The summed E-state index contributed by atoms with van der Waals surface area (Å²) in [6.07, 6.45) is 0. The number of amides is 1. The monoisotopic (exact) mass is 336 g/mol. The second-order valence-electron chi connectivity index (χ2n) is 5.24. The predicted molar refractivity (Wildman–Crippen MR) is 79.1 cm³/mol. The van der Waals surface area contributed by atoms with Gasteiger partial charge in [-0.3, -0.25) is 4.79 Å². The lowest BCUT2D eigenvalue weighted by atomic mass is 9.98. The lowest BCUT2D eigenvalue weighted by Crippen LogP contribution is -2.31. The summed E-state index contributed by atoms with van der Waals surface area (Å²) < 4.78 is 36.4. The van der Waals surface area contributed by atoms with Crippen molar-refractivity contribution in [3.05, 3.63) is 28.5 Å². The van der Waals surface area contributed by atoms with Crippen LogP contribution >= 0.6 is 11.6 Å². The number of nitrogens with one attached hydrogen (secondary N) is 1. The fraction of sp³-hybridized carbons (Fsp3) is 0.462. The third kappa shape index (κ3) is 4.66. The summed E-state index contributed by atoms with van der Waals surface area (Å²) in [7, 11) is -4.13. The summed E-state index contributed by atoms with van der Waals surface area (Å²) in [5.41, 5.74) is -0.403. The van der Waals surface area contributed by atoms with Crippen LogP contribution in [0.3, 0.4) is 0 Å². The molecule has 0 radical (unpaired) electrons. The van der Waals surface area contributed by atoms with E-state index in [1.807, 2.05) is 20.8 Å². The maximum atomic E-state index is 13.8. The number of primary sulfonamides is 1. The van der Waals surface area contributed by atoms with Crippen molar-refractivity contribution in [3.8, 4) is 0 Å². The lowest BCUT2D eigenvalue weighted by Gasteiger charge is -2.16. The summed E-state index contributed by atoms with van der Waals surface area (Å²) in [5, 5.41) is 7.17. The summed E-state index contributed by atoms with van der Waals surface area (Å²) in [5.74, 6) is -1.06. The van der Waals surface area contributed by atoms with E-state index in [-0.39, 0.29) is 10.9 Å². The highest BCUT2D eigenvalue weighted by Crippen LogP contribution is 2.24. The van der Waals surface area contributed by atoms with Crippen molar-refractivity contribution in [3.63, 3.8) is 0 Å². The van der Waals surface area contributed by atoms with Crippen molar-refractivity contribution in [2.45, 2.75) is 25.7 Å². The highest BCUT2D eigenvalue weighted by Gasteiger charge is 2.21. The van der Waals surface area contributed by atoms with Crippen molar-refractivity contribution in [2.24, 2.45) is 17.0 Å². The first kappa shape index (κ1) is 17.9. The Morgan fingerprint density at radius 3 is 2.43 bits per heavy atom. The molecule has 5 nitrogen and oxygen atoms in total. The van der Waals surface area contributed by atoms with Crippen molar-refractivity contribution in [1.29, 1.82) is 0 Å². The third-order valence-corrected chi connectivity index (χ3v) is 4.67. The van der Waals surface area contributed by atoms with Gasteiger partial charge >= 0.3 is 0 Å². The first-order chi connectivity index (χ1) is 9.54. The maximum Gasteiger partial charge on any atom is 0.254 e. The molecule has 0 bridgehead atoms. The van der Waals surface area contributed by atoms with E-state index in [2.05, 4.69) is 5.32 Å². The van der Waals surface area contributed by atoms with Crippen LogP contribution in [0.4, 0.5) is 4.39 Å². The first-order valence-electron chi connectivity index (χ1n) is 6.34. The van der Waals surface area contributed by atoms with Gasteiger partial charge in [0.1, 0.15) is 10.7 Å². The van der Waals surface area contributed by atoms with Crippen LogP contribution in [0.25, 0.3) is 0 Å². The quantitative estimate of drug-likeness (QED) is 0.863. The van der Waals surface area contributed by atoms with Gasteiger partial charge in [-0.2, -0.15) is 0 Å². The van der Waals surface area contributed by atoms with Crippen molar-refractivity contribution in [1.82, 2.24) is 5.32 Å². The van der Waals surface area contributed by atoms with Gasteiger partial charge in [0, 0.05) is 6.54 Å². The molecule has 0 aromatic heterocycles. The predicted octanol–water partition coefficient (Wildman–Crippen LogP) is 2.15. The number of carbonyl (C=O) groups excluding carboxylic acids is 1. The molecule has 118 valence electrons. The second-order valence-corrected chi connectivity index (χ2v) is 7.18. The highest BCUT2D eigenvalue weighted by molar-refractivity contribution is 7.89.